The summed E-state index contributed by atoms with van der Waals surface area (Å²) in [4.78, 5) is 10.9. The van der Waals surface area contributed by atoms with Crippen LogP contribution >= 0.6 is 0 Å². The molecular formula is C20H36O3. The minimum atomic E-state index is -0.712. The summed E-state index contributed by atoms with van der Waals surface area (Å²) in [6.07, 6.45) is 7.83. The molecule has 0 spiro atoms. The van der Waals surface area contributed by atoms with Crippen LogP contribution in [0.25, 0.3) is 0 Å². The standard InChI is InChI=1S/C20H36O3/c1-14(13-17(21)22)7-8-16-19(4)11-6-10-18(2,3)15(19)9-12-20(16,5)23/h14-16,23H,6-13H2,1-5H3,(H,21,22)/t14-,15-,16+,19-,20+/m0/s1. The van der Waals surface area contributed by atoms with Crippen molar-refractivity contribution >= 4 is 5.97 Å². The zero-order chi connectivity index (χ0) is 17.5. The van der Waals surface area contributed by atoms with Gasteiger partial charge in [0.25, 0.3) is 0 Å². The summed E-state index contributed by atoms with van der Waals surface area (Å²) in [6, 6.07) is 0. The Morgan fingerprint density at radius 2 is 1.83 bits per heavy atom. The number of aliphatic carboxylic acids is 1. The van der Waals surface area contributed by atoms with Gasteiger partial charge in [0.15, 0.2) is 0 Å². The van der Waals surface area contributed by atoms with Crippen LogP contribution in [0.1, 0.15) is 86.0 Å². The van der Waals surface area contributed by atoms with Crippen molar-refractivity contribution < 1.29 is 15.0 Å². The molecule has 5 atom stereocenters. The quantitative estimate of drug-likeness (QED) is 0.758. The van der Waals surface area contributed by atoms with Gasteiger partial charge in [-0.25, -0.2) is 0 Å². The number of fused-ring (bicyclic) bond motifs is 1. The molecule has 3 heteroatoms. The Kier molecular flexibility index (Phi) is 5.21. The molecule has 0 aliphatic heterocycles. The van der Waals surface area contributed by atoms with E-state index in [9.17, 15) is 9.90 Å². The topological polar surface area (TPSA) is 57.5 Å². The molecule has 3 nitrogen and oxygen atoms in total. The predicted molar refractivity (Wildman–Crippen MR) is 93.2 cm³/mol. The number of carboxylic acids is 1. The Morgan fingerprint density at radius 1 is 1.17 bits per heavy atom. The maximum Gasteiger partial charge on any atom is 0.303 e. The number of aliphatic hydroxyl groups is 1. The molecule has 134 valence electrons. The van der Waals surface area contributed by atoms with Crippen molar-refractivity contribution in [1.82, 2.24) is 0 Å². The fraction of sp³-hybridized carbons (Fsp3) is 0.950. The van der Waals surface area contributed by atoms with Crippen molar-refractivity contribution in [2.45, 2.75) is 91.6 Å². The van der Waals surface area contributed by atoms with Gasteiger partial charge in [0.1, 0.15) is 0 Å². The molecular weight excluding hydrogens is 288 g/mol. The highest BCUT2D eigenvalue weighted by Gasteiger charge is 2.57. The monoisotopic (exact) mass is 324 g/mol. The van der Waals surface area contributed by atoms with Crippen molar-refractivity contribution in [2.24, 2.45) is 28.6 Å². The Balaban J connectivity index is 2.17. The molecule has 0 aromatic heterocycles. The largest absolute Gasteiger partial charge is 0.481 e. The third kappa shape index (κ3) is 3.75. The molecule has 0 unspecified atom stereocenters. The summed E-state index contributed by atoms with van der Waals surface area (Å²) >= 11 is 0. The Morgan fingerprint density at radius 3 is 2.43 bits per heavy atom. The lowest BCUT2D eigenvalue weighted by Gasteiger charge is -2.61. The van der Waals surface area contributed by atoms with Gasteiger partial charge in [-0.05, 0) is 74.0 Å². The van der Waals surface area contributed by atoms with Gasteiger partial charge in [0.2, 0.25) is 0 Å². The average Bonchev–Trinajstić information content (AvgIpc) is 2.34. The van der Waals surface area contributed by atoms with Gasteiger partial charge in [-0.3, -0.25) is 4.79 Å². The number of carbonyl (C=O) groups is 1. The van der Waals surface area contributed by atoms with Crippen molar-refractivity contribution in [1.29, 1.82) is 0 Å². The Labute approximate surface area is 141 Å². The molecule has 2 N–H and O–H groups in total. The second kappa shape index (κ2) is 6.38. The van der Waals surface area contributed by atoms with Crippen LogP contribution in [0, 0.1) is 28.6 Å². The first-order valence-corrected chi connectivity index (χ1v) is 9.43. The minimum Gasteiger partial charge on any atom is -0.481 e. The second-order valence-electron chi connectivity index (χ2n) is 9.63. The highest BCUT2D eigenvalue weighted by molar-refractivity contribution is 5.66. The molecule has 0 aromatic carbocycles. The van der Waals surface area contributed by atoms with Crippen LogP contribution in [0.4, 0.5) is 0 Å². The lowest BCUT2D eigenvalue weighted by Crippen LogP contribution is -2.57. The lowest BCUT2D eigenvalue weighted by atomic mass is 9.45. The van der Waals surface area contributed by atoms with E-state index in [2.05, 4.69) is 20.8 Å². The van der Waals surface area contributed by atoms with E-state index >= 15 is 0 Å². The molecule has 2 aliphatic carbocycles. The van der Waals surface area contributed by atoms with Crippen LogP contribution in [0.3, 0.4) is 0 Å². The summed E-state index contributed by atoms with van der Waals surface area (Å²) in [6.45, 7) is 11.2. The fourth-order valence-electron chi connectivity index (χ4n) is 6.12. The number of hydrogen-bond donors (Lipinski definition) is 2. The summed E-state index contributed by atoms with van der Waals surface area (Å²) < 4.78 is 0. The lowest BCUT2D eigenvalue weighted by molar-refractivity contribution is -0.170. The molecule has 2 saturated carbocycles. The molecule has 0 bridgehead atoms. The maximum absolute atomic E-state index is 11.1. The Bertz CT molecular complexity index is 440. The molecule has 23 heavy (non-hydrogen) atoms. The van der Waals surface area contributed by atoms with Crippen LogP contribution < -0.4 is 0 Å². The van der Waals surface area contributed by atoms with Gasteiger partial charge < -0.3 is 10.2 Å². The maximum atomic E-state index is 11.1. The average molecular weight is 325 g/mol. The third-order valence-corrected chi connectivity index (χ3v) is 7.23. The van der Waals surface area contributed by atoms with E-state index in [-0.39, 0.29) is 23.7 Å². The molecule has 2 aliphatic rings. The summed E-state index contributed by atoms with van der Waals surface area (Å²) in [5, 5.41) is 20.1. The van der Waals surface area contributed by atoms with E-state index < -0.39 is 11.6 Å². The normalized spacial score (nSPS) is 41.1. The SMILES string of the molecule is C[C@@H](CC[C@@H]1[C@@]2(C)CCCC(C)(C)[C@@H]2CC[C@@]1(C)O)CC(=O)O. The van der Waals surface area contributed by atoms with Gasteiger partial charge in [-0.1, -0.05) is 34.1 Å². The molecule has 2 rings (SSSR count). The molecule has 0 amide bonds. The van der Waals surface area contributed by atoms with Crippen molar-refractivity contribution in [3.8, 4) is 0 Å². The number of rotatable bonds is 5. The van der Waals surface area contributed by atoms with Crippen molar-refractivity contribution in [3.05, 3.63) is 0 Å². The summed E-state index contributed by atoms with van der Waals surface area (Å²) in [5.74, 6) is 0.424. The molecule has 0 saturated heterocycles. The summed E-state index contributed by atoms with van der Waals surface area (Å²) in [7, 11) is 0. The predicted octanol–water partition coefficient (Wildman–Crippen LogP) is 4.87. The van der Waals surface area contributed by atoms with E-state index in [1.54, 1.807) is 0 Å². The van der Waals surface area contributed by atoms with Gasteiger partial charge in [0, 0.05) is 6.42 Å². The third-order valence-electron chi connectivity index (χ3n) is 7.23. The minimum absolute atomic E-state index is 0.184. The van der Waals surface area contributed by atoms with Crippen LogP contribution in [0.15, 0.2) is 0 Å². The van der Waals surface area contributed by atoms with Crippen LogP contribution in [0.5, 0.6) is 0 Å². The van der Waals surface area contributed by atoms with E-state index in [1.165, 1.54) is 19.3 Å². The zero-order valence-electron chi connectivity index (χ0n) is 15.7. The van der Waals surface area contributed by atoms with E-state index in [1.807, 2.05) is 13.8 Å². The Hall–Kier alpha value is -0.570. The van der Waals surface area contributed by atoms with Crippen molar-refractivity contribution in [3.63, 3.8) is 0 Å². The fourth-order valence-corrected chi connectivity index (χ4v) is 6.12. The second-order valence-corrected chi connectivity index (χ2v) is 9.63. The first-order chi connectivity index (χ1) is 10.5. The number of carboxylic acid groups (broad SMARTS) is 1. The van der Waals surface area contributed by atoms with Gasteiger partial charge in [-0.15, -0.1) is 0 Å². The molecule has 0 radical (unpaired) electrons. The smallest absolute Gasteiger partial charge is 0.303 e. The highest BCUT2D eigenvalue weighted by atomic mass is 16.4. The summed E-state index contributed by atoms with van der Waals surface area (Å²) in [5.41, 5.74) is -0.0670. The van der Waals surface area contributed by atoms with E-state index in [0.717, 1.165) is 25.7 Å². The van der Waals surface area contributed by atoms with Crippen LogP contribution in [0.2, 0.25) is 0 Å². The first-order valence-electron chi connectivity index (χ1n) is 9.43. The molecule has 0 heterocycles. The number of hydrogen-bond acceptors (Lipinski definition) is 2. The van der Waals surface area contributed by atoms with Gasteiger partial charge in [-0.2, -0.15) is 0 Å². The molecule has 0 aromatic rings. The van der Waals surface area contributed by atoms with Crippen molar-refractivity contribution in [2.75, 3.05) is 0 Å². The molecule has 2 fully saturated rings. The first kappa shape index (κ1) is 18.8. The van der Waals surface area contributed by atoms with Crippen LogP contribution in [-0.4, -0.2) is 21.8 Å². The van der Waals surface area contributed by atoms with E-state index in [4.69, 9.17) is 5.11 Å². The van der Waals surface area contributed by atoms with E-state index in [0.29, 0.717) is 11.3 Å². The van der Waals surface area contributed by atoms with Gasteiger partial charge >= 0.3 is 5.97 Å². The van der Waals surface area contributed by atoms with Crippen LogP contribution in [-0.2, 0) is 4.79 Å². The zero-order valence-corrected chi connectivity index (χ0v) is 15.7. The highest BCUT2D eigenvalue weighted by Crippen LogP contribution is 2.63. The van der Waals surface area contributed by atoms with Gasteiger partial charge in [0.05, 0.1) is 5.60 Å².